The molecular weight excluding hydrogens is 288 g/mol. The quantitative estimate of drug-likeness (QED) is 0.417. The molecule has 1 aromatic carbocycles. The minimum Gasteiger partial charge on any atom is -0.413 e. The molecular formula is C19H30O2Si. The molecule has 2 nitrogen and oxygen atoms in total. The van der Waals surface area contributed by atoms with Crippen LogP contribution in [0.2, 0.25) is 18.1 Å². The zero-order valence-electron chi connectivity index (χ0n) is 14.9. The van der Waals surface area contributed by atoms with Gasteiger partial charge in [-0.1, -0.05) is 62.9 Å². The lowest BCUT2D eigenvalue weighted by atomic mass is 10.2. The van der Waals surface area contributed by atoms with Crippen LogP contribution in [0.5, 0.6) is 0 Å². The van der Waals surface area contributed by atoms with Crippen LogP contribution in [0.15, 0.2) is 30.3 Å². The Balaban J connectivity index is 2.26. The molecule has 0 fully saturated rings. The molecule has 1 aromatic rings. The zero-order chi connectivity index (χ0) is 16.6. The van der Waals surface area contributed by atoms with Crippen LogP contribution in [0.4, 0.5) is 0 Å². The summed E-state index contributed by atoms with van der Waals surface area (Å²) in [6.45, 7) is 14.5. The average molecular weight is 319 g/mol. The van der Waals surface area contributed by atoms with Crippen LogP contribution in [0, 0.1) is 11.8 Å². The van der Waals surface area contributed by atoms with Crippen molar-refractivity contribution in [2.45, 2.75) is 65.0 Å². The Morgan fingerprint density at radius 1 is 1.09 bits per heavy atom. The van der Waals surface area contributed by atoms with Gasteiger partial charge in [-0.3, -0.25) is 0 Å². The van der Waals surface area contributed by atoms with Gasteiger partial charge in [0.1, 0.15) is 6.61 Å². The summed E-state index contributed by atoms with van der Waals surface area (Å²) >= 11 is 0. The molecule has 1 rings (SSSR count). The average Bonchev–Trinajstić information content (AvgIpc) is 2.42. The lowest BCUT2D eigenvalue weighted by Gasteiger charge is -2.38. The maximum atomic E-state index is 6.27. The third-order valence-corrected chi connectivity index (χ3v) is 8.71. The van der Waals surface area contributed by atoms with E-state index in [0.717, 1.165) is 6.42 Å². The summed E-state index contributed by atoms with van der Waals surface area (Å²) in [6.07, 6.45) is 0.948. The molecule has 0 radical (unpaired) electrons. The fraction of sp³-hybridized carbons (Fsp3) is 0.579. The van der Waals surface area contributed by atoms with Crippen LogP contribution >= 0.6 is 0 Å². The second-order valence-electron chi connectivity index (χ2n) is 7.22. The highest BCUT2D eigenvalue weighted by molar-refractivity contribution is 6.74. The van der Waals surface area contributed by atoms with E-state index in [4.69, 9.17) is 9.16 Å². The highest BCUT2D eigenvalue weighted by Crippen LogP contribution is 2.37. The highest BCUT2D eigenvalue weighted by atomic mass is 28.4. The first-order valence-corrected chi connectivity index (χ1v) is 10.9. The van der Waals surface area contributed by atoms with Crippen LogP contribution in [0.1, 0.15) is 39.7 Å². The molecule has 0 aliphatic heterocycles. The van der Waals surface area contributed by atoms with Gasteiger partial charge >= 0.3 is 0 Å². The standard InChI is InChI=1S/C19H30O2Si/c1-17(21-22(5,6)19(2,3)4)12-10-11-15-20-16-18-13-8-7-9-14-18/h7-9,13-14,17H,12,15-16H2,1-6H3/t17-/m1/s1. The summed E-state index contributed by atoms with van der Waals surface area (Å²) in [5, 5.41) is 0.244. The molecule has 0 amide bonds. The van der Waals surface area contributed by atoms with E-state index in [1.54, 1.807) is 0 Å². The molecule has 0 aliphatic carbocycles. The second-order valence-corrected chi connectivity index (χ2v) is 12.0. The number of hydrogen-bond donors (Lipinski definition) is 0. The molecule has 0 spiro atoms. The molecule has 0 saturated heterocycles. The summed E-state index contributed by atoms with van der Waals surface area (Å²) in [7, 11) is -1.69. The van der Waals surface area contributed by atoms with Gasteiger partial charge in [-0.25, -0.2) is 0 Å². The van der Waals surface area contributed by atoms with Gasteiger partial charge in [0.15, 0.2) is 8.32 Å². The minimum absolute atomic E-state index is 0.183. The summed E-state index contributed by atoms with van der Waals surface area (Å²) in [4.78, 5) is 0. The van der Waals surface area contributed by atoms with Crippen LogP contribution in [0.3, 0.4) is 0 Å². The van der Waals surface area contributed by atoms with Crippen molar-refractivity contribution in [1.82, 2.24) is 0 Å². The first-order chi connectivity index (χ1) is 10.2. The molecule has 0 unspecified atom stereocenters. The lowest BCUT2D eigenvalue weighted by Crippen LogP contribution is -2.43. The Kier molecular flexibility index (Phi) is 7.35. The van der Waals surface area contributed by atoms with Crippen molar-refractivity contribution in [2.24, 2.45) is 0 Å². The third kappa shape index (κ3) is 6.78. The van der Waals surface area contributed by atoms with E-state index < -0.39 is 8.32 Å². The minimum atomic E-state index is -1.69. The first-order valence-electron chi connectivity index (χ1n) is 7.97. The predicted molar refractivity (Wildman–Crippen MR) is 96.2 cm³/mol. The number of ether oxygens (including phenoxy) is 1. The Bertz CT molecular complexity index is 492. The zero-order valence-corrected chi connectivity index (χ0v) is 15.9. The number of hydrogen-bond acceptors (Lipinski definition) is 2. The van der Waals surface area contributed by atoms with Crippen LogP contribution in [-0.4, -0.2) is 21.0 Å². The van der Waals surface area contributed by atoms with Gasteiger partial charge in [0.05, 0.1) is 12.7 Å². The van der Waals surface area contributed by atoms with Gasteiger partial charge in [-0.05, 0) is 30.6 Å². The normalized spacial score (nSPS) is 13.4. The van der Waals surface area contributed by atoms with Crippen molar-refractivity contribution in [3.8, 4) is 11.8 Å². The predicted octanol–water partition coefficient (Wildman–Crippen LogP) is 5.01. The monoisotopic (exact) mass is 318 g/mol. The molecule has 0 saturated carbocycles. The van der Waals surface area contributed by atoms with Crippen molar-refractivity contribution in [3.63, 3.8) is 0 Å². The first kappa shape index (κ1) is 19.0. The van der Waals surface area contributed by atoms with E-state index in [9.17, 15) is 0 Å². The van der Waals surface area contributed by atoms with Crippen molar-refractivity contribution in [1.29, 1.82) is 0 Å². The number of benzene rings is 1. The highest BCUT2D eigenvalue weighted by Gasteiger charge is 2.38. The largest absolute Gasteiger partial charge is 0.413 e. The van der Waals surface area contributed by atoms with Crippen molar-refractivity contribution in [2.75, 3.05) is 6.61 Å². The van der Waals surface area contributed by atoms with E-state index in [-0.39, 0.29) is 11.1 Å². The van der Waals surface area contributed by atoms with E-state index in [0.29, 0.717) is 13.2 Å². The van der Waals surface area contributed by atoms with E-state index >= 15 is 0 Å². The molecule has 0 N–H and O–H groups in total. The Morgan fingerprint density at radius 2 is 1.73 bits per heavy atom. The van der Waals surface area contributed by atoms with Gasteiger partial charge in [-0.15, -0.1) is 0 Å². The van der Waals surface area contributed by atoms with E-state index in [1.807, 2.05) is 18.2 Å². The van der Waals surface area contributed by atoms with Gasteiger partial charge < -0.3 is 9.16 Å². The molecule has 0 bridgehead atoms. The summed E-state index contributed by atoms with van der Waals surface area (Å²) in [5.41, 5.74) is 1.18. The molecule has 3 heteroatoms. The number of rotatable bonds is 6. The Morgan fingerprint density at radius 3 is 2.32 bits per heavy atom. The molecule has 122 valence electrons. The lowest BCUT2D eigenvalue weighted by molar-refractivity contribution is 0.153. The fourth-order valence-corrected chi connectivity index (χ4v) is 3.23. The molecule has 22 heavy (non-hydrogen) atoms. The van der Waals surface area contributed by atoms with Crippen molar-refractivity contribution in [3.05, 3.63) is 35.9 Å². The van der Waals surface area contributed by atoms with Crippen molar-refractivity contribution < 1.29 is 9.16 Å². The maximum absolute atomic E-state index is 6.27. The van der Waals surface area contributed by atoms with Crippen molar-refractivity contribution >= 4 is 8.32 Å². The fourth-order valence-electron chi connectivity index (χ4n) is 1.78. The van der Waals surface area contributed by atoms with Crippen LogP contribution in [0.25, 0.3) is 0 Å². The van der Waals surface area contributed by atoms with Crippen LogP contribution in [-0.2, 0) is 15.8 Å². The SMILES string of the molecule is C[C@H](CC#CCOCc1ccccc1)O[Si](C)(C)C(C)(C)C. The van der Waals surface area contributed by atoms with E-state index in [2.05, 4.69) is 64.8 Å². The molecule has 0 heterocycles. The molecule has 1 atom stereocenters. The van der Waals surface area contributed by atoms with E-state index in [1.165, 1.54) is 5.56 Å². The van der Waals surface area contributed by atoms with Gasteiger partial charge in [0.25, 0.3) is 0 Å². The Hall–Kier alpha value is -1.08. The molecule has 0 aromatic heterocycles. The summed E-state index contributed by atoms with van der Waals surface area (Å²) < 4.78 is 11.8. The smallest absolute Gasteiger partial charge is 0.192 e. The second kappa shape index (κ2) is 8.52. The van der Waals surface area contributed by atoms with Crippen LogP contribution < -0.4 is 0 Å². The summed E-state index contributed by atoms with van der Waals surface area (Å²) in [5.74, 6) is 6.24. The topological polar surface area (TPSA) is 18.5 Å². The third-order valence-electron chi connectivity index (χ3n) is 4.10. The van der Waals surface area contributed by atoms with Gasteiger partial charge in [0, 0.05) is 6.42 Å². The molecule has 0 aliphatic rings. The van der Waals surface area contributed by atoms with Gasteiger partial charge in [-0.2, -0.15) is 0 Å². The Labute approximate surface area is 137 Å². The van der Waals surface area contributed by atoms with Gasteiger partial charge in [0.2, 0.25) is 0 Å². The summed E-state index contributed by atoms with van der Waals surface area (Å²) in [6, 6.07) is 10.2. The maximum Gasteiger partial charge on any atom is 0.192 e.